The van der Waals surface area contributed by atoms with Gasteiger partial charge in [0.2, 0.25) is 11.9 Å². The zero-order chi connectivity index (χ0) is 19.8. The van der Waals surface area contributed by atoms with Gasteiger partial charge in [0.25, 0.3) is 0 Å². The first kappa shape index (κ1) is 19.2. The summed E-state index contributed by atoms with van der Waals surface area (Å²) in [7, 11) is 0. The van der Waals surface area contributed by atoms with E-state index in [-0.39, 0.29) is 29.3 Å². The third-order valence-electron chi connectivity index (χ3n) is 6.24. The summed E-state index contributed by atoms with van der Waals surface area (Å²) in [4.78, 5) is 26.0. The Kier molecular flexibility index (Phi) is 5.27. The highest BCUT2D eigenvalue weighted by Crippen LogP contribution is 2.36. The number of rotatable bonds is 4. The van der Waals surface area contributed by atoms with Crippen molar-refractivity contribution in [2.75, 3.05) is 5.32 Å². The van der Waals surface area contributed by atoms with E-state index in [2.05, 4.69) is 25.6 Å². The van der Waals surface area contributed by atoms with Gasteiger partial charge in [0.1, 0.15) is 12.1 Å². The molecule has 1 saturated carbocycles. The Labute approximate surface area is 170 Å². The van der Waals surface area contributed by atoms with Crippen LogP contribution in [-0.4, -0.2) is 42.9 Å². The molecule has 2 fully saturated rings. The number of carbonyl (C=O) groups is 1. The normalized spacial score (nSPS) is 28.4. The molecule has 8 heteroatoms. The third-order valence-corrected chi connectivity index (χ3v) is 6.64. The molecule has 4 rings (SSSR count). The SMILES string of the molecule is Cc1ncn(-c2ccnc(N[C@@H](C)C3CC4CC(Cl)CCC4NC3=O)n2)c1C. The van der Waals surface area contributed by atoms with Crippen LogP contribution in [0.15, 0.2) is 18.6 Å². The zero-order valence-electron chi connectivity index (χ0n) is 16.5. The molecule has 2 N–H and O–H groups in total. The molecule has 0 spiro atoms. The van der Waals surface area contributed by atoms with Gasteiger partial charge in [-0.2, -0.15) is 4.98 Å². The fraction of sp³-hybridized carbons (Fsp3) is 0.600. The topological polar surface area (TPSA) is 84.7 Å². The highest BCUT2D eigenvalue weighted by molar-refractivity contribution is 6.20. The first-order valence-electron chi connectivity index (χ1n) is 9.97. The van der Waals surface area contributed by atoms with Gasteiger partial charge in [0.15, 0.2) is 0 Å². The number of hydrogen-bond donors (Lipinski definition) is 2. The number of anilines is 1. The van der Waals surface area contributed by atoms with Crippen LogP contribution in [0.5, 0.6) is 0 Å². The fourth-order valence-corrected chi connectivity index (χ4v) is 4.75. The van der Waals surface area contributed by atoms with E-state index >= 15 is 0 Å². The summed E-state index contributed by atoms with van der Waals surface area (Å²) in [5.41, 5.74) is 2.02. The van der Waals surface area contributed by atoms with E-state index in [0.29, 0.717) is 11.9 Å². The van der Waals surface area contributed by atoms with Crippen molar-refractivity contribution < 1.29 is 4.79 Å². The number of aromatic nitrogens is 4. The number of halogens is 1. The fourth-order valence-electron chi connectivity index (χ4n) is 4.40. The van der Waals surface area contributed by atoms with Crippen LogP contribution >= 0.6 is 11.6 Å². The molecular formula is C20H27ClN6O. The van der Waals surface area contributed by atoms with Crippen LogP contribution in [0.2, 0.25) is 0 Å². The molecule has 0 bridgehead atoms. The molecular weight excluding hydrogens is 376 g/mol. The van der Waals surface area contributed by atoms with E-state index in [9.17, 15) is 4.79 Å². The average Bonchev–Trinajstić information content (AvgIpc) is 3.00. The van der Waals surface area contributed by atoms with Gasteiger partial charge in [-0.3, -0.25) is 9.36 Å². The number of nitrogens with zero attached hydrogens (tertiary/aromatic N) is 4. The molecule has 28 heavy (non-hydrogen) atoms. The Balaban J connectivity index is 1.47. The molecule has 4 unspecified atom stereocenters. The molecule has 0 aromatic carbocycles. The van der Waals surface area contributed by atoms with Gasteiger partial charge in [0.05, 0.1) is 11.6 Å². The van der Waals surface area contributed by atoms with Gasteiger partial charge in [-0.15, -0.1) is 11.6 Å². The molecule has 2 aromatic rings. The molecule has 0 radical (unpaired) electrons. The number of nitrogens with one attached hydrogen (secondary N) is 2. The van der Waals surface area contributed by atoms with Crippen molar-refractivity contribution in [3.63, 3.8) is 0 Å². The molecule has 150 valence electrons. The minimum Gasteiger partial charge on any atom is -0.353 e. The number of amides is 1. The molecule has 1 saturated heterocycles. The molecule has 1 aliphatic carbocycles. The molecule has 1 aliphatic heterocycles. The third kappa shape index (κ3) is 3.72. The summed E-state index contributed by atoms with van der Waals surface area (Å²) in [6.07, 6.45) is 7.28. The van der Waals surface area contributed by atoms with Gasteiger partial charge < -0.3 is 10.6 Å². The number of hydrogen-bond acceptors (Lipinski definition) is 5. The lowest BCUT2D eigenvalue weighted by Crippen LogP contribution is -2.55. The van der Waals surface area contributed by atoms with Crippen molar-refractivity contribution in [2.45, 2.75) is 63.9 Å². The number of carbonyl (C=O) groups excluding carboxylic acids is 1. The van der Waals surface area contributed by atoms with Crippen molar-refractivity contribution in [3.05, 3.63) is 30.0 Å². The predicted molar refractivity (Wildman–Crippen MR) is 109 cm³/mol. The van der Waals surface area contributed by atoms with Crippen molar-refractivity contribution in [1.29, 1.82) is 0 Å². The largest absolute Gasteiger partial charge is 0.353 e. The van der Waals surface area contributed by atoms with Crippen LogP contribution in [0.1, 0.15) is 44.0 Å². The van der Waals surface area contributed by atoms with E-state index in [0.717, 1.165) is 42.9 Å². The average molecular weight is 403 g/mol. The molecule has 5 atom stereocenters. The molecule has 1 amide bonds. The highest BCUT2D eigenvalue weighted by Gasteiger charge is 2.41. The van der Waals surface area contributed by atoms with E-state index < -0.39 is 0 Å². The summed E-state index contributed by atoms with van der Waals surface area (Å²) in [6.45, 7) is 6.01. The second-order valence-corrected chi connectivity index (χ2v) is 8.70. The molecule has 2 aromatic heterocycles. The van der Waals surface area contributed by atoms with Crippen molar-refractivity contribution >= 4 is 23.5 Å². The number of alkyl halides is 1. The maximum atomic E-state index is 12.7. The van der Waals surface area contributed by atoms with Crippen LogP contribution < -0.4 is 10.6 Å². The van der Waals surface area contributed by atoms with Crippen LogP contribution in [0.3, 0.4) is 0 Å². The number of fused-ring (bicyclic) bond motifs is 1. The van der Waals surface area contributed by atoms with Crippen molar-refractivity contribution in [2.24, 2.45) is 11.8 Å². The summed E-state index contributed by atoms with van der Waals surface area (Å²) in [5.74, 6) is 1.73. The summed E-state index contributed by atoms with van der Waals surface area (Å²) in [6, 6.07) is 2.06. The number of piperidine rings is 1. The van der Waals surface area contributed by atoms with Gasteiger partial charge in [0, 0.05) is 29.4 Å². The zero-order valence-corrected chi connectivity index (χ0v) is 17.3. The Bertz CT molecular complexity index is 868. The minimum atomic E-state index is -0.118. The Hall–Kier alpha value is -2.15. The summed E-state index contributed by atoms with van der Waals surface area (Å²) in [5, 5.41) is 6.77. The minimum absolute atomic E-state index is 0.0717. The molecule has 3 heterocycles. The van der Waals surface area contributed by atoms with E-state index in [1.54, 1.807) is 12.5 Å². The second-order valence-electron chi connectivity index (χ2n) is 8.08. The lowest BCUT2D eigenvalue weighted by atomic mass is 9.74. The van der Waals surface area contributed by atoms with Crippen LogP contribution in [0.25, 0.3) is 5.82 Å². The van der Waals surface area contributed by atoms with Crippen LogP contribution in [0.4, 0.5) is 5.95 Å². The first-order chi connectivity index (χ1) is 13.4. The van der Waals surface area contributed by atoms with Gasteiger partial charge in [-0.1, -0.05) is 0 Å². The second kappa shape index (κ2) is 7.70. The molecule has 7 nitrogen and oxygen atoms in total. The highest BCUT2D eigenvalue weighted by atomic mass is 35.5. The number of imidazole rings is 1. The predicted octanol–water partition coefficient (Wildman–Crippen LogP) is 2.99. The Morgan fingerprint density at radius 1 is 1.29 bits per heavy atom. The van der Waals surface area contributed by atoms with Crippen molar-refractivity contribution in [3.8, 4) is 5.82 Å². The van der Waals surface area contributed by atoms with Crippen LogP contribution in [-0.2, 0) is 4.79 Å². The Morgan fingerprint density at radius 2 is 2.11 bits per heavy atom. The lowest BCUT2D eigenvalue weighted by molar-refractivity contribution is -0.130. The van der Waals surface area contributed by atoms with Gasteiger partial charge in [-0.25, -0.2) is 9.97 Å². The van der Waals surface area contributed by atoms with Crippen molar-refractivity contribution in [1.82, 2.24) is 24.8 Å². The number of aryl methyl sites for hydroxylation is 1. The quantitative estimate of drug-likeness (QED) is 0.768. The van der Waals surface area contributed by atoms with E-state index in [1.165, 1.54) is 0 Å². The lowest BCUT2D eigenvalue weighted by Gasteiger charge is -2.42. The standard InChI is InChI=1S/C20H27ClN6O/c1-11-13(3)27(10-23-11)18-6-7-22-20(26-18)24-12(2)16-9-14-8-15(21)4-5-17(14)25-19(16)28/h6-7,10,12,14-17H,4-5,8-9H2,1-3H3,(H,25,28)(H,22,24,26)/t12-,14?,15?,16?,17?/m0/s1. The summed E-state index contributed by atoms with van der Waals surface area (Å²) < 4.78 is 1.94. The van der Waals surface area contributed by atoms with Gasteiger partial charge in [-0.05, 0) is 58.4 Å². The molecule has 2 aliphatic rings. The first-order valence-corrected chi connectivity index (χ1v) is 10.4. The van der Waals surface area contributed by atoms with E-state index in [4.69, 9.17) is 11.6 Å². The smallest absolute Gasteiger partial charge is 0.225 e. The Morgan fingerprint density at radius 3 is 2.86 bits per heavy atom. The maximum Gasteiger partial charge on any atom is 0.225 e. The monoisotopic (exact) mass is 402 g/mol. The summed E-state index contributed by atoms with van der Waals surface area (Å²) >= 11 is 6.36. The van der Waals surface area contributed by atoms with Gasteiger partial charge >= 0.3 is 0 Å². The van der Waals surface area contributed by atoms with E-state index in [1.807, 2.05) is 31.4 Å². The van der Waals surface area contributed by atoms with Crippen LogP contribution in [0, 0.1) is 25.7 Å². The maximum absolute atomic E-state index is 12.7.